The van der Waals surface area contributed by atoms with Gasteiger partial charge in [-0.3, -0.25) is 4.79 Å². The summed E-state index contributed by atoms with van der Waals surface area (Å²) in [7, 11) is 0. The van der Waals surface area contributed by atoms with Crippen LogP contribution in [0.25, 0.3) is 11.1 Å². The number of aliphatic carboxylic acids is 1. The molecular weight excluding hydrogens is 432 g/mol. The number of fused-ring (bicyclic) bond motifs is 3. The number of alkyl carbamates (subject to hydrolysis) is 1. The zero-order valence-corrected chi connectivity index (χ0v) is 19.9. The van der Waals surface area contributed by atoms with E-state index in [1.54, 1.807) is 20.8 Å². The third kappa shape index (κ3) is 4.52. The molecular formula is C27H32N2O5. The second-order valence-corrected chi connectivity index (χ2v) is 10.4. The number of carboxylic acids is 1. The minimum absolute atomic E-state index is 0.0798. The zero-order valence-electron chi connectivity index (χ0n) is 19.9. The predicted molar refractivity (Wildman–Crippen MR) is 128 cm³/mol. The summed E-state index contributed by atoms with van der Waals surface area (Å²) < 4.78 is 5.65. The van der Waals surface area contributed by atoms with Crippen molar-refractivity contribution in [3.8, 4) is 11.1 Å². The SMILES string of the molecule is CC(C)(C)[C@@H](NC(=O)C1(NC(=O)OCC2c3ccccc3-c3ccccc32)CCCC1)C(=O)O. The van der Waals surface area contributed by atoms with Crippen LogP contribution < -0.4 is 10.6 Å². The molecule has 2 amide bonds. The second-order valence-electron chi connectivity index (χ2n) is 10.4. The summed E-state index contributed by atoms with van der Waals surface area (Å²) >= 11 is 0. The molecule has 0 saturated heterocycles. The number of hydrogen-bond donors (Lipinski definition) is 3. The Kier molecular flexibility index (Phi) is 6.39. The lowest BCUT2D eigenvalue weighted by molar-refractivity contribution is -0.146. The Morgan fingerprint density at radius 2 is 1.53 bits per heavy atom. The van der Waals surface area contributed by atoms with Crippen molar-refractivity contribution in [1.82, 2.24) is 10.6 Å². The first-order chi connectivity index (χ1) is 16.1. The van der Waals surface area contributed by atoms with Crippen LogP contribution in [0.15, 0.2) is 48.5 Å². The molecule has 1 saturated carbocycles. The van der Waals surface area contributed by atoms with E-state index in [0.717, 1.165) is 35.1 Å². The fourth-order valence-electron chi connectivity index (χ4n) is 5.14. The Morgan fingerprint density at radius 3 is 2.03 bits per heavy atom. The molecule has 0 spiro atoms. The van der Waals surface area contributed by atoms with Gasteiger partial charge in [-0.05, 0) is 40.5 Å². The van der Waals surface area contributed by atoms with Crippen LogP contribution in [0.4, 0.5) is 4.79 Å². The van der Waals surface area contributed by atoms with E-state index in [4.69, 9.17) is 4.74 Å². The van der Waals surface area contributed by atoms with Gasteiger partial charge in [-0.2, -0.15) is 0 Å². The molecule has 0 unspecified atom stereocenters. The number of rotatable bonds is 6. The van der Waals surface area contributed by atoms with Gasteiger partial charge >= 0.3 is 12.1 Å². The molecule has 4 rings (SSSR count). The van der Waals surface area contributed by atoms with E-state index < -0.39 is 35.0 Å². The van der Waals surface area contributed by atoms with Crippen molar-refractivity contribution in [3.05, 3.63) is 59.7 Å². The molecule has 1 atom stereocenters. The molecule has 0 bridgehead atoms. The Morgan fingerprint density at radius 1 is 1.00 bits per heavy atom. The monoisotopic (exact) mass is 464 g/mol. The van der Waals surface area contributed by atoms with Crippen molar-refractivity contribution >= 4 is 18.0 Å². The number of amides is 2. The van der Waals surface area contributed by atoms with E-state index in [0.29, 0.717) is 12.8 Å². The number of nitrogens with one attached hydrogen (secondary N) is 2. The summed E-state index contributed by atoms with van der Waals surface area (Å²) in [6.45, 7) is 5.42. The molecule has 7 heteroatoms. The van der Waals surface area contributed by atoms with Crippen molar-refractivity contribution in [3.63, 3.8) is 0 Å². The smallest absolute Gasteiger partial charge is 0.408 e. The van der Waals surface area contributed by atoms with Crippen molar-refractivity contribution in [2.75, 3.05) is 6.61 Å². The Balaban J connectivity index is 1.46. The first kappa shape index (κ1) is 23.8. The summed E-state index contributed by atoms with van der Waals surface area (Å²) in [5.74, 6) is -1.65. The maximum atomic E-state index is 13.2. The van der Waals surface area contributed by atoms with Gasteiger partial charge in [-0.15, -0.1) is 0 Å². The van der Waals surface area contributed by atoms with Gasteiger partial charge < -0.3 is 20.5 Å². The highest BCUT2D eigenvalue weighted by Gasteiger charge is 2.46. The molecule has 2 aromatic rings. The first-order valence-electron chi connectivity index (χ1n) is 11.8. The average molecular weight is 465 g/mol. The van der Waals surface area contributed by atoms with E-state index in [2.05, 4.69) is 22.8 Å². The third-order valence-electron chi connectivity index (χ3n) is 6.97. The summed E-state index contributed by atoms with van der Waals surface area (Å²) in [5, 5.41) is 15.1. The average Bonchev–Trinajstić information content (AvgIpc) is 3.38. The largest absolute Gasteiger partial charge is 0.480 e. The van der Waals surface area contributed by atoms with E-state index >= 15 is 0 Å². The van der Waals surface area contributed by atoms with Crippen LogP contribution in [0.5, 0.6) is 0 Å². The van der Waals surface area contributed by atoms with E-state index in [1.807, 2.05) is 36.4 Å². The molecule has 2 aromatic carbocycles. The fraction of sp³-hybridized carbons (Fsp3) is 0.444. The number of benzene rings is 2. The van der Waals surface area contributed by atoms with E-state index in [1.165, 1.54) is 0 Å². The van der Waals surface area contributed by atoms with Gasteiger partial charge in [0.25, 0.3) is 0 Å². The number of ether oxygens (including phenoxy) is 1. The maximum absolute atomic E-state index is 13.2. The molecule has 0 aromatic heterocycles. The topological polar surface area (TPSA) is 105 Å². The number of hydrogen-bond acceptors (Lipinski definition) is 4. The Bertz CT molecular complexity index is 1050. The number of carbonyl (C=O) groups excluding carboxylic acids is 2. The van der Waals surface area contributed by atoms with Crippen LogP contribution in [-0.2, 0) is 14.3 Å². The lowest BCUT2D eigenvalue weighted by atomic mass is 9.85. The zero-order chi connectivity index (χ0) is 24.5. The normalized spacial score (nSPS) is 17.4. The minimum atomic E-state index is -1.17. The van der Waals surface area contributed by atoms with Crippen LogP contribution in [-0.4, -0.2) is 41.3 Å². The molecule has 0 heterocycles. The molecule has 0 radical (unpaired) electrons. The lowest BCUT2D eigenvalue weighted by Crippen LogP contribution is -2.61. The highest BCUT2D eigenvalue weighted by Crippen LogP contribution is 2.44. The molecule has 34 heavy (non-hydrogen) atoms. The minimum Gasteiger partial charge on any atom is -0.480 e. The summed E-state index contributed by atoms with van der Waals surface area (Å²) in [5.41, 5.74) is 2.66. The lowest BCUT2D eigenvalue weighted by Gasteiger charge is -2.34. The van der Waals surface area contributed by atoms with Crippen molar-refractivity contribution in [2.45, 2.75) is 64.0 Å². The summed E-state index contributed by atoms with van der Waals surface area (Å²) in [6, 6.07) is 15.1. The predicted octanol–water partition coefficient (Wildman–Crippen LogP) is 4.45. The van der Waals surface area contributed by atoms with Crippen LogP contribution in [0, 0.1) is 5.41 Å². The number of carboxylic acid groups (broad SMARTS) is 1. The van der Waals surface area contributed by atoms with Gasteiger partial charge in [-0.1, -0.05) is 82.1 Å². The summed E-state index contributed by atoms with van der Waals surface area (Å²) in [6.07, 6.45) is 1.76. The Labute approximate surface area is 199 Å². The van der Waals surface area contributed by atoms with Gasteiger partial charge in [0.15, 0.2) is 0 Å². The molecule has 180 valence electrons. The van der Waals surface area contributed by atoms with Gasteiger partial charge in [0, 0.05) is 5.92 Å². The molecule has 2 aliphatic rings. The fourth-order valence-corrected chi connectivity index (χ4v) is 5.14. The van der Waals surface area contributed by atoms with Crippen LogP contribution >= 0.6 is 0 Å². The van der Waals surface area contributed by atoms with Crippen LogP contribution in [0.2, 0.25) is 0 Å². The highest BCUT2D eigenvalue weighted by molar-refractivity contribution is 5.93. The Hall–Kier alpha value is -3.35. The van der Waals surface area contributed by atoms with Gasteiger partial charge in [-0.25, -0.2) is 9.59 Å². The standard InChI is InChI=1S/C27H32N2O5/c1-26(2,3)22(23(30)31)28-24(32)27(14-8-9-15-27)29-25(33)34-16-21-19-12-6-4-10-17(19)18-11-5-7-13-20(18)21/h4-7,10-13,21-22H,8-9,14-16H2,1-3H3,(H,28,32)(H,29,33)(H,30,31)/t22-/m0/s1. The van der Waals surface area contributed by atoms with Crippen molar-refractivity contribution < 1.29 is 24.2 Å². The maximum Gasteiger partial charge on any atom is 0.408 e. The molecule has 3 N–H and O–H groups in total. The van der Waals surface area contributed by atoms with E-state index in [9.17, 15) is 19.5 Å². The molecule has 7 nitrogen and oxygen atoms in total. The molecule has 2 aliphatic carbocycles. The number of carbonyl (C=O) groups is 3. The molecule has 1 fully saturated rings. The van der Waals surface area contributed by atoms with E-state index in [-0.39, 0.29) is 12.5 Å². The first-order valence-corrected chi connectivity index (χ1v) is 11.8. The van der Waals surface area contributed by atoms with Crippen molar-refractivity contribution in [2.24, 2.45) is 5.41 Å². The third-order valence-corrected chi connectivity index (χ3v) is 6.97. The van der Waals surface area contributed by atoms with Crippen LogP contribution in [0.1, 0.15) is 63.5 Å². The summed E-state index contributed by atoms with van der Waals surface area (Å²) in [4.78, 5) is 37.8. The van der Waals surface area contributed by atoms with Crippen LogP contribution in [0.3, 0.4) is 0 Å². The van der Waals surface area contributed by atoms with Gasteiger partial charge in [0.1, 0.15) is 18.2 Å². The van der Waals surface area contributed by atoms with Gasteiger partial charge in [0.2, 0.25) is 5.91 Å². The van der Waals surface area contributed by atoms with Gasteiger partial charge in [0.05, 0.1) is 0 Å². The quantitative estimate of drug-likeness (QED) is 0.586. The molecule has 0 aliphatic heterocycles. The van der Waals surface area contributed by atoms with Crippen molar-refractivity contribution in [1.29, 1.82) is 0 Å². The second kappa shape index (κ2) is 9.12. The highest BCUT2D eigenvalue weighted by atomic mass is 16.5.